The summed E-state index contributed by atoms with van der Waals surface area (Å²) in [6.45, 7) is 0. The smallest absolute Gasteiger partial charge is 0.0610 e. The minimum atomic E-state index is 0.438. The molecule has 1 saturated carbocycles. The van der Waals surface area contributed by atoms with Gasteiger partial charge in [0.1, 0.15) is 0 Å². The number of rotatable bonds is 3. The zero-order valence-electron chi connectivity index (χ0n) is 8.36. The van der Waals surface area contributed by atoms with Crippen LogP contribution in [0.25, 0.3) is 0 Å². The van der Waals surface area contributed by atoms with Gasteiger partial charge >= 0.3 is 0 Å². The maximum absolute atomic E-state index is 5.68. The second-order valence-electron chi connectivity index (χ2n) is 3.80. The molecule has 0 amide bonds. The van der Waals surface area contributed by atoms with Gasteiger partial charge in [-0.05, 0) is 31.0 Å². The maximum Gasteiger partial charge on any atom is 0.0610 e. The topological polar surface area (TPSA) is 47.3 Å². The van der Waals surface area contributed by atoms with Crippen molar-refractivity contribution in [2.75, 3.05) is 18.2 Å². The van der Waals surface area contributed by atoms with E-state index >= 15 is 0 Å². The lowest BCUT2D eigenvalue weighted by Crippen LogP contribution is -2.40. The van der Waals surface area contributed by atoms with E-state index in [4.69, 9.17) is 10.5 Å². The SMILES string of the molecule is COC1CC(Nc2cccc(N)c2)C1. The molecule has 76 valence electrons. The van der Waals surface area contributed by atoms with Crippen LogP contribution >= 0.6 is 0 Å². The highest BCUT2D eigenvalue weighted by Gasteiger charge is 2.28. The van der Waals surface area contributed by atoms with Crippen LogP contribution < -0.4 is 11.1 Å². The molecule has 1 aromatic rings. The molecule has 2 rings (SSSR count). The van der Waals surface area contributed by atoms with Crippen LogP contribution in [0.2, 0.25) is 0 Å². The van der Waals surface area contributed by atoms with Crippen molar-refractivity contribution in [1.29, 1.82) is 0 Å². The minimum Gasteiger partial charge on any atom is -0.399 e. The lowest BCUT2D eigenvalue weighted by atomic mass is 9.89. The van der Waals surface area contributed by atoms with E-state index in [1.165, 1.54) is 0 Å². The summed E-state index contributed by atoms with van der Waals surface area (Å²) in [7, 11) is 1.77. The van der Waals surface area contributed by atoms with Gasteiger partial charge in [-0.1, -0.05) is 6.07 Å². The molecule has 0 radical (unpaired) electrons. The first-order valence-electron chi connectivity index (χ1n) is 4.93. The van der Waals surface area contributed by atoms with Crippen LogP contribution in [0, 0.1) is 0 Å². The second kappa shape index (κ2) is 3.88. The average molecular weight is 192 g/mol. The third-order valence-corrected chi connectivity index (χ3v) is 2.69. The highest BCUT2D eigenvalue weighted by Crippen LogP contribution is 2.26. The van der Waals surface area contributed by atoms with E-state index in [0.29, 0.717) is 12.1 Å². The molecule has 0 aliphatic heterocycles. The predicted molar refractivity (Wildman–Crippen MR) is 58.3 cm³/mol. The standard InChI is InChI=1S/C11H16N2O/c1-14-11-6-10(7-11)13-9-4-2-3-8(12)5-9/h2-5,10-11,13H,6-7,12H2,1H3. The summed E-state index contributed by atoms with van der Waals surface area (Å²) in [4.78, 5) is 0. The molecule has 3 N–H and O–H groups in total. The van der Waals surface area contributed by atoms with Gasteiger partial charge in [0.2, 0.25) is 0 Å². The molecular weight excluding hydrogens is 176 g/mol. The number of ether oxygens (including phenoxy) is 1. The highest BCUT2D eigenvalue weighted by molar-refractivity contribution is 5.54. The number of anilines is 2. The van der Waals surface area contributed by atoms with E-state index in [-0.39, 0.29) is 0 Å². The summed E-state index contributed by atoms with van der Waals surface area (Å²) in [5.74, 6) is 0. The van der Waals surface area contributed by atoms with Crippen molar-refractivity contribution in [3.63, 3.8) is 0 Å². The van der Waals surface area contributed by atoms with Crippen molar-refractivity contribution in [2.24, 2.45) is 0 Å². The third-order valence-electron chi connectivity index (χ3n) is 2.69. The monoisotopic (exact) mass is 192 g/mol. The molecule has 0 heterocycles. The number of benzene rings is 1. The number of hydrogen-bond acceptors (Lipinski definition) is 3. The Morgan fingerprint density at radius 1 is 1.43 bits per heavy atom. The van der Waals surface area contributed by atoms with Crippen LogP contribution in [-0.2, 0) is 4.74 Å². The van der Waals surface area contributed by atoms with Crippen LogP contribution in [0.1, 0.15) is 12.8 Å². The summed E-state index contributed by atoms with van der Waals surface area (Å²) >= 11 is 0. The Morgan fingerprint density at radius 3 is 2.86 bits per heavy atom. The maximum atomic E-state index is 5.68. The first kappa shape index (κ1) is 9.34. The summed E-state index contributed by atoms with van der Waals surface area (Å²) in [6.07, 6.45) is 2.62. The van der Waals surface area contributed by atoms with E-state index in [1.807, 2.05) is 24.3 Å². The molecule has 14 heavy (non-hydrogen) atoms. The molecule has 3 heteroatoms. The molecule has 1 aromatic carbocycles. The van der Waals surface area contributed by atoms with Gasteiger partial charge in [0.25, 0.3) is 0 Å². The summed E-state index contributed by atoms with van der Waals surface area (Å²) < 4.78 is 5.21. The minimum absolute atomic E-state index is 0.438. The van der Waals surface area contributed by atoms with Crippen molar-refractivity contribution < 1.29 is 4.74 Å². The van der Waals surface area contributed by atoms with Crippen molar-refractivity contribution in [1.82, 2.24) is 0 Å². The van der Waals surface area contributed by atoms with E-state index < -0.39 is 0 Å². The van der Waals surface area contributed by atoms with Crippen LogP contribution in [0.15, 0.2) is 24.3 Å². The summed E-state index contributed by atoms with van der Waals surface area (Å²) in [5, 5.41) is 3.42. The van der Waals surface area contributed by atoms with E-state index in [2.05, 4.69) is 5.32 Å². The Bertz CT molecular complexity index is 308. The summed E-state index contributed by atoms with van der Waals surface area (Å²) in [6, 6.07) is 8.40. The second-order valence-corrected chi connectivity index (χ2v) is 3.80. The largest absolute Gasteiger partial charge is 0.399 e. The van der Waals surface area contributed by atoms with E-state index in [9.17, 15) is 0 Å². The molecule has 0 spiro atoms. The van der Waals surface area contributed by atoms with E-state index in [0.717, 1.165) is 24.2 Å². The van der Waals surface area contributed by atoms with Crippen molar-refractivity contribution >= 4 is 11.4 Å². The van der Waals surface area contributed by atoms with Gasteiger partial charge in [0.05, 0.1) is 6.10 Å². The average Bonchev–Trinajstić information content (AvgIpc) is 2.10. The van der Waals surface area contributed by atoms with Crippen LogP contribution in [0.4, 0.5) is 11.4 Å². The van der Waals surface area contributed by atoms with E-state index in [1.54, 1.807) is 7.11 Å². The van der Waals surface area contributed by atoms with Gasteiger partial charge < -0.3 is 15.8 Å². The fourth-order valence-electron chi connectivity index (χ4n) is 1.74. The molecule has 1 fully saturated rings. The number of methoxy groups -OCH3 is 1. The number of nitrogen functional groups attached to an aromatic ring is 1. The van der Waals surface area contributed by atoms with Crippen LogP contribution in [0.3, 0.4) is 0 Å². The van der Waals surface area contributed by atoms with Crippen LogP contribution in [0.5, 0.6) is 0 Å². The molecule has 3 nitrogen and oxygen atoms in total. The van der Waals surface area contributed by atoms with Crippen molar-refractivity contribution in [2.45, 2.75) is 25.0 Å². The molecule has 1 aliphatic rings. The fraction of sp³-hybridized carbons (Fsp3) is 0.455. The number of nitrogens with one attached hydrogen (secondary N) is 1. The fourth-order valence-corrected chi connectivity index (χ4v) is 1.74. The molecule has 0 unspecified atom stereocenters. The zero-order chi connectivity index (χ0) is 9.97. The Morgan fingerprint density at radius 2 is 2.21 bits per heavy atom. The van der Waals surface area contributed by atoms with Gasteiger partial charge in [0, 0.05) is 24.5 Å². The lowest BCUT2D eigenvalue weighted by Gasteiger charge is -2.35. The third kappa shape index (κ3) is 1.99. The molecule has 1 aliphatic carbocycles. The summed E-state index contributed by atoms with van der Waals surface area (Å²) in [5.41, 5.74) is 7.59. The molecule has 0 bridgehead atoms. The van der Waals surface area contributed by atoms with Gasteiger partial charge in [-0.25, -0.2) is 0 Å². The van der Waals surface area contributed by atoms with Crippen LogP contribution in [-0.4, -0.2) is 19.3 Å². The highest BCUT2D eigenvalue weighted by atomic mass is 16.5. The van der Waals surface area contributed by atoms with Gasteiger partial charge in [-0.15, -0.1) is 0 Å². The molecule has 0 aromatic heterocycles. The zero-order valence-corrected chi connectivity index (χ0v) is 8.36. The number of hydrogen-bond donors (Lipinski definition) is 2. The normalized spacial score (nSPS) is 25.5. The van der Waals surface area contributed by atoms with Crippen molar-refractivity contribution in [3.8, 4) is 0 Å². The lowest BCUT2D eigenvalue weighted by molar-refractivity contribution is 0.0329. The van der Waals surface area contributed by atoms with Crippen molar-refractivity contribution in [3.05, 3.63) is 24.3 Å². The predicted octanol–water partition coefficient (Wildman–Crippen LogP) is 1.86. The Kier molecular flexibility index (Phi) is 2.59. The first-order chi connectivity index (χ1) is 6.78. The Labute approximate surface area is 84.3 Å². The quantitative estimate of drug-likeness (QED) is 0.718. The molecule has 0 saturated heterocycles. The molecular formula is C11H16N2O. The van der Waals surface area contributed by atoms with Gasteiger partial charge in [-0.2, -0.15) is 0 Å². The van der Waals surface area contributed by atoms with Gasteiger partial charge in [-0.3, -0.25) is 0 Å². The number of nitrogens with two attached hydrogens (primary N) is 1. The Hall–Kier alpha value is -1.22. The first-order valence-corrected chi connectivity index (χ1v) is 4.93. The molecule has 0 atom stereocenters. The van der Waals surface area contributed by atoms with Gasteiger partial charge in [0.15, 0.2) is 0 Å². The Balaban J connectivity index is 1.87.